The Labute approximate surface area is 144 Å². The smallest absolute Gasteiger partial charge is 0.413 e. The Morgan fingerprint density at radius 1 is 0.960 bits per heavy atom. The van der Waals surface area contributed by atoms with Crippen LogP contribution in [0.15, 0.2) is 48.5 Å². The summed E-state index contributed by atoms with van der Waals surface area (Å²) in [4.78, 5) is 34.7. The van der Waals surface area contributed by atoms with Gasteiger partial charge in [0.05, 0.1) is 12.7 Å². The quantitative estimate of drug-likeness (QED) is 0.827. The van der Waals surface area contributed by atoms with Gasteiger partial charge in [0, 0.05) is 0 Å². The average Bonchev–Trinajstić information content (AvgIpc) is 2.62. The van der Waals surface area contributed by atoms with Gasteiger partial charge in [-0.25, -0.2) is 9.59 Å². The number of aromatic hydroxyl groups is 1. The molecule has 25 heavy (non-hydrogen) atoms. The molecule has 7 nitrogen and oxygen atoms in total. The normalized spacial score (nSPS) is 11.3. The molecule has 0 aliphatic carbocycles. The minimum atomic E-state index is -1.15. The Morgan fingerprint density at radius 3 is 2.00 bits per heavy atom. The summed E-state index contributed by atoms with van der Waals surface area (Å²) in [5.41, 5.74) is 2.00. The van der Waals surface area contributed by atoms with E-state index in [1.54, 1.807) is 48.5 Å². The van der Waals surface area contributed by atoms with Crippen molar-refractivity contribution in [2.75, 3.05) is 7.11 Å². The van der Waals surface area contributed by atoms with Gasteiger partial charge >= 0.3 is 12.1 Å². The molecule has 1 atom stereocenters. The van der Waals surface area contributed by atoms with Crippen LogP contribution in [0.25, 0.3) is 11.1 Å². The highest BCUT2D eigenvalue weighted by molar-refractivity contribution is 5.97. The number of phenolic OH excluding ortho intramolecular Hbond substituents is 1. The van der Waals surface area contributed by atoms with Crippen molar-refractivity contribution in [3.63, 3.8) is 0 Å². The molecule has 0 unspecified atom stereocenters. The fraction of sp³-hybridized carbons (Fsp3) is 0.167. The summed E-state index contributed by atoms with van der Waals surface area (Å²) < 4.78 is 9.31. The zero-order valence-corrected chi connectivity index (χ0v) is 13.7. The van der Waals surface area contributed by atoms with Crippen LogP contribution in [0.3, 0.4) is 0 Å². The molecule has 0 spiro atoms. The highest BCUT2D eigenvalue weighted by Gasteiger charge is 2.21. The van der Waals surface area contributed by atoms with Gasteiger partial charge in [0.1, 0.15) is 5.75 Å². The van der Waals surface area contributed by atoms with Gasteiger partial charge in [-0.1, -0.05) is 24.3 Å². The molecular weight excluding hydrogens is 326 g/mol. The van der Waals surface area contributed by atoms with Crippen molar-refractivity contribution >= 4 is 18.0 Å². The Balaban J connectivity index is 2.01. The van der Waals surface area contributed by atoms with Crippen molar-refractivity contribution < 1.29 is 29.0 Å². The number of nitrogens with one attached hydrogen (secondary N) is 1. The van der Waals surface area contributed by atoms with E-state index in [2.05, 4.69) is 4.74 Å². The molecule has 2 amide bonds. The molecule has 0 aliphatic rings. The van der Waals surface area contributed by atoms with E-state index < -0.39 is 24.1 Å². The van der Waals surface area contributed by atoms with Crippen LogP contribution in [0.4, 0.5) is 4.79 Å². The zero-order valence-electron chi connectivity index (χ0n) is 13.7. The van der Waals surface area contributed by atoms with Gasteiger partial charge < -0.3 is 14.6 Å². The molecular formula is C18H17NO6. The number of methoxy groups -OCH3 is 1. The number of hydrogen-bond donors (Lipinski definition) is 2. The van der Waals surface area contributed by atoms with Crippen molar-refractivity contribution in [1.29, 1.82) is 0 Å². The number of esters is 1. The van der Waals surface area contributed by atoms with Gasteiger partial charge in [0.25, 0.3) is 5.91 Å². The molecule has 7 heteroatoms. The van der Waals surface area contributed by atoms with E-state index in [-0.39, 0.29) is 11.3 Å². The summed E-state index contributed by atoms with van der Waals surface area (Å²) >= 11 is 0. The van der Waals surface area contributed by atoms with E-state index in [0.717, 1.165) is 18.2 Å². The van der Waals surface area contributed by atoms with Gasteiger partial charge in [-0.05, 0) is 42.3 Å². The Bertz CT molecular complexity index is 767. The summed E-state index contributed by atoms with van der Waals surface area (Å²) in [5, 5.41) is 11.2. The van der Waals surface area contributed by atoms with E-state index in [4.69, 9.17) is 4.74 Å². The van der Waals surface area contributed by atoms with Crippen molar-refractivity contribution in [2.45, 2.75) is 13.0 Å². The molecule has 0 aromatic heterocycles. The second-order valence-electron chi connectivity index (χ2n) is 5.15. The second kappa shape index (κ2) is 7.96. The van der Waals surface area contributed by atoms with Crippen LogP contribution < -0.4 is 5.32 Å². The van der Waals surface area contributed by atoms with E-state index >= 15 is 0 Å². The van der Waals surface area contributed by atoms with Gasteiger partial charge in [-0.2, -0.15) is 0 Å². The lowest BCUT2D eigenvalue weighted by atomic mass is 10.0. The first-order chi connectivity index (χ1) is 11.9. The first-order valence-electron chi connectivity index (χ1n) is 7.40. The number of ether oxygens (including phenoxy) is 2. The fourth-order valence-electron chi connectivity index (χ4n) is 1.99. The summed E-state index contributed by atoms with van der Waals surface area (Å²) in [6.45, 7) is 1.35. The lowest BCUT2D eigenvalue weighted by molar-refractivity contribution is -0.128. The van der Waals surface area contributed by atoms with Crippen molar-refractivity contribution in [3.05, 3.63) is 54.1 Å². The van der Waals surface area contributed by atoms with Crippen LogP contribution in [0.5, 0.6) is 5.75 Å². The minimum absolute atomic E-state index is 0.170. The number of rotatable bonds is 4. The van der Waals surface area contributed by atoms with Gasteiger partial charge in [0.15, 0.2) is 6.10 Å². The monoisotopic (exact) mass is 343 g/mol. The summed E-state index contributed by atoms with van der Waals surface area (Å²) in [7, 11) is 1.12. The first-order valence-corrected chi connectivity index (χ1v) is 7.40. The van der Waals surface area contributed by atoms with Crippen LogP contribution in [-0.2, 0) is 14.3 Å². The number of alkyl carbamates (subject to hydrolysis) is 1. The standard InChI is InChI=1S/C18H17NO6/c1-11(16(21)19-18(23)24-2)25-17(22)14-5-3-12(4-6-14)13-7-9-15(20)10-8-13/h3-11,20H,1-2H3,(H,19,21,23)/t11-/m1/s1. The number of carbonyl (C=O) groups is 3. The van der Waals surface area contributed by atoms with Gasteiger partial charge in [-0.15, -0.1) is 0 Å². The van der Waals surface area contributed by atoms with Crippen molar-refractivity contribution in [3.8, 4) is 16.9 Å². The number of imide groups is 1. The third-order valence-electron chi connectivity index (χ3n) is 3.38. The molecule has 0 radical (unpaired) electrons. The molecule has 2 aromatic rings. The maximum absolute atomic E-state index is 12.1. The number of carbonyl (C=O) groups excluding carboxylic acids is 3. The van der Waals surface area contributed by atoms with Crippen molar-refractivity contribution in [2.24, 2.45) is 0 Å². The Hall–Kier alpha value is -3.35. The number of amides is 2. The van der Waals surface area contributed by atoms with Gasteiger partial charge in [0.2, 0.25) is 0 Å². The third kappa shape index (κ3) is 4.81. The molecule has 0 fully saturated rings. The molecule has 2 aromatic carbocycles. The van der Waals surface area contributed by atoms with E-state index in [9.17, 15) is 19.5 Å². The molecule has 0 bridgehead atoms. The maximum atomic E-state index is 12.1. The van der Waals surface area contributed by atoms with E-state index in [1.165, 1.54) is 6.92 Å². The first kappa shape index (κ1) is 18.0. The summed E-state index contributed by atoms with van der Waals surface area (Å²) in [5.74, 6) is -1.30. The van der Waals surface area contributed by atoms with Crippen LogP contribution >= 0.6 is 0 Å². The van der Waals surface area contributed by atoms with Crippen LogP contribution in [-0.4, -0.2) is 36.3 Å². The highest BCUT2D eigenvalue weighted by atomic mass is 16.6. The average molecular weight is 343 g/mol. The summed E-state index contributed by atoms with van der Waals surface area (Å²) in [6.07, 6.45) is -2.07. The summed E-state index contributed by atoms with van der Waals surface area (Å²) in [6, 6.07) is 13.2. The zero-order chi connectivity index (χ0) is 18.4. The Morgan fingerprint density at radius 2 is 1.48 bits per heavy atom. The third-order valence-corrected chi connectivity index (χ3v) is 3.38. The largest absolute Gasteiger partial charge is 0.508 e. The molecule has 0 heterocycles. The van der Waals surface area contributed by atoms with Crippen LogP contribution in [0.1, 0.15) is 17.3 Å². The number of benzene rings is 2. The lowest BCUT2D eigenvalue weighted by Crippen LogP contribution is -2.39. The predicted molar refractivity (Wildman–Crippen MR) is 89.0 cm³/mol. The molecule has 2 rings (SSSR count). The van der Waals surface area contributed by atoms with Crippen LogP contribution in [0, 0.1) is 0 Å². The predicted octanol–water partition coefficient (Wildman–Crippen LogP) is 2.49. The topological polar surface area (TPSA) is 102 Å². The number of hydrogen-bond acceptors (Lipinski definition) is 6. The molecule has 0 aliphatic heterocycles. The number of phenols is 1. The molecule has 0 saturated heterocycles. The lowest BCUT2D eigenvalue weighted by Gasteiger charge is -2.12. The molecule has 2 N–H and O–H groups in total. The van der Waals surface area contributed by atoms with E-state index in [0.29, 0.717) is 0 Å². The highest BCUT2D eigenvalue weighted by Crippen LogP contribution is 2.22. The molecule has 130 valence electrons. The fourth-order valence-corrected chi connectivity index (χ4v) is 1.99. The van der Waals surface area contributed by atoms with Crippen LogP contribution in [0.2, 0.25) is 0 Å². The molecule has 0 saturated carbocycles. The minimum Gasteiger partial charge on any atom is -0.508 e. The Kier molecular flexibility index (Phi) is 5.73. The SMILES string of the molecule is COC(=O)NC(=O)[C@@H](C)OC(=O)c1ccc(-c2ccc(O)cc2)cc1. The maximum Gasteiger partial charge on any atom is 0.413 e. The van der Waals surface area contributed by atoms with Gasteiger partial charge in [-0.3, -0.25) is 10.1 Å². The van der Waals surface area contributed by atoms with E-state index in [1.807, 2.05) is 5.32 Å². The second-order valence-corrected chi connectivity index (χ2v) is 5.15. The van der Waals surface area contributed by atoms with Crippen molar-refractivity contribution in [1.82, 2.24) is 5.32 Å².